The molecule has 4 heterocycles. The quantitative estimate of drug-likeness (QED) is 0.561. The molecule has 0 saturated carbocycles. The van der Waals surface area contributed by atoms with E-state index in [0.717, 1.165) is 11.0 Å². The first-order valence-electron chi connectivity index (χ1n) is 11.7. The minimum atomic E-state index is -0.534. The predicted molar refractivity (Wildman–Crippen MR) is 127 cm³/mol. The number of benzene rings is 1. The van der Waals surface area contributed by atoms with Gasteiger partial charge in [0.1, 0.15) is 11.6 Å². The summed E-state index contributed by atoms with van der Waals surface area (Å²) in [6.45, 7) is 1.19. The van der Waals surface area contributed by atoms with Gasteiger partial charge in [-0.2, -0.15) is 0 Å². The fraction of sp³-hybridized carbons (Fsp3) is 0.417. The van der Waals surface area contributed by atoms with Crippen molar-refractivity contribution in [3.8, 4) is 5.75 Å². The smallest absolute Gasteiger partial charge is 0.255 e. The average Bonchev–Trinajstić information content (AvgIpc) is 3.35. The van der Waals surface area contributed by atoms with E-state index in [0.29, 0.717) is 31.5 Å². The second-order valence-electron chi connectivity index (χ2n) is 8.88. The maximum absolute atomic E-state index is 13.9. The molecular weight excluding hydrogens is 473 g/mol. The van der Waals surface area contributed by atoms with Crippen LogP contribution in [0.15, 0.2) is 36.0 Å². The van der Waals surface area contributed by atoms with E-state index < -0.39 is 17.8 Å². The van der Waals surface area contributed by atoms with Crippen LogP contribution in [0.5, 0.6) is 5.75 Å². The molecule has 0 aliphatic carbocycles. The third kappa shape index (κ3) is 5.29. The number of fused-ring (bicyclic) bond motifs is 5. The number of ether oxygens (including phenoxy) is 1. The zero-order chi connectivity index (χ0) is 24.4. The fourth-order valence-corrected chi connectivity index (χ4v) is 5.25. The Hall–Kier alpha value is -3.47. The molecule has 2 bridgehead atoms. The SMILES string of the molecule is O=C1N[C@@H]2CC[C@@H](CN(C(=O)Cc3cn4ccsc4n3)C2)C(=O)NCCCOc2ccc(F)cc21. The van der Waals surface area contributed by atoms with Gasteiger partial charge in [0, 0.05) is 43.4 Å². The van der Waals surface area contributed by atoms with Gasteiger partial charge in [-0.1, -0.05) is 0 Å². The van der Waals surface area contributed by atoms with E-state index in [9.17, 15) is 18.8 Å². The number of carbonyl (C=O) groups is 3. The highest BCUT2D eigenvalue weighted by atomic mass is 32.1. The Morgan fingerprint density at radius 3 is 3.00 bits per heavy atom. The minimum absolute atomic E-state index is 0.102. The van der Waals surface area contributed by atoms with Crippen molar-refractivity contribution in [3.63, 3.8) is 0 Å². The monoisotopic (exact) mass is 499 g/mol. The first-order chi connectivity index (χ1) is 17.0. The summed E-state index contributed by atoms with van der Waals surface area (Å²) in [5.41, 5.74) is 0.767. The Morgan fingerprint density at radius 1 is 1.26 bits per heavy atom. The zero-order valence-electron chi connectivity index (χ0n) is 19.0. The van der Waals surface area contributed by atoms with Crippen LogP contribution in [0.4, 0.5) is 4.39 Å². The molecule has 0 spiro atoms. The molecule has 2 aliphatic rings. The summed E-state index contributed by atoms with van der Waals surface area (Å²) < 4.78 is 21.5. The summed E-state index contributed by atoms with van der Waals surface area (Å²) in [5.74, 6) is -1.38. The van der Waals surface area contributed by atoms with Gasteiger partial charge < -0.3 is 20.3 Å². The fourth-order valence-electron chi connectivity index (χ4n) is 4.53. The lowest BCUT2D eigenvalue weighted by Gasteiger charge is -2.26. The van der Waals surface area contributed by atoms with Crippen LogP contribution in [-0.2, 0) is 16.0 Å². The highest BCUT2D eigenvalue weighted by molar-refractivity contribution is 7.15. The second-order valence-corrected chi connectivity index (χ2v) is 9.75. The molecule has 1 saturated heterocycles. The highest BCUT2D eigenvalue weighted by Crippen LogP contribution is 2.23. The molecule has 2 aromatic heterocycles. The number of aromatic nitrogens is 2. The summed E-state index contributed by atoms with van der Waals surface area (Å²) in [5, 5.41) is 7.79. The lowest BCUT2D eigenvalue weighted by molar-refractivity contribution is -0.132. The van der Waals surface area contributed by atoms with Crippen LogP contribution in [0, 0.1) is 11.7 Å². The van der Waals surface area contributed by atoms with Crippen molar-refractivity contribution in [1.29, 1.82) is 0 Å². The van der Waals surface area contributed by atoms with Crippen LogP contribution in [0.1, 0.15) is 35.3 Å². The Balaban J connectivity index is 1.39. The zero-order valence-corrected chi connectivity index (χ0v) is 19.9. The molecule has 9 nitrogen and oxygen atoms in total. The molecule has 3 aromatic rings. The van der Waals surface area contributed by atoms with Gasteiger partial charge in [-0.15, -0.1) is 11.3 Å². The van der Waals surface area contributed by atoms with Gasteiger partial charge in [0.05, 0.1) is 30.2 Å². The molecule has 35 heavy (non-hydrogen) atoms. The lowest BCUT2D eigenvalue weighted by Crippen LogP contribution is -2.46. The number of rotatable bonds is 2. The van der Waals surface area contributed by atoms with Crippen LogP contribution in [0.2, 0.25) is 0 Å². The summed E-state index contributed by atoms with van der Waals surface area (Å²) >= 11 is 1.49. The van der Waals surface area contributed by atoms with Crippen LogP contribution in [-0.4, -0.2) is 64.3 Å². The van der Waals surface area contributed by atoms with Gasteiger partial charge in [-0.3, -0.25) is 18.8 Å². The topological polar surface area (TPSA) is 105 Å². The van der Waals surface area contributed by atoms with E-state index in [1.165, 1.54) is 23.5 Å². The predicted octanol–water partition coefficient (Wildman–Crippen LogP) is 2.01. The Labute approximate surface area is 205 Å². The number of amides is 3. The number of hydrogen-bond donors (Lipinski definition) is 2. The molecule has 1 aromatic carbocycles. The third-order valence-electron chi connectivity index (χ3n) is 6.34. The van der Waals surface area contributed by atoms with E-state index >= 15 is 0 Å². The maximum Gasteiger partial charge on any atom is 0.255 e. The second kappa shape index (κ2) is 10.0. The molecule has 2 atom stereocenters. The van der Waals surface area contributed by atoms with Crippen molar-refractivity contribution in [2.75, 3.05) is 26.2 Å². The first-order valence-corrected chi connectivity index (χ1v) is 12.5. The molecule has 0 unspecified atom stereocenters. The third-order valence-corrected chi connectivity index (χ3v) is 7.11. The Kier molecular flexibility index (Phi) is 6.67. The number of hydrogen-bond acceptors (Lipinski definition) is 6. The van der Waals surface area contributed by atoms with E-state index in [-0.39, 0.29) is 55.2 Å². The van der Waals surface area contributed by atoms with Crippen molar-refractivity contribution in [1.82, 2.24) is 24.9 Å². The molecule has 11 heteroatoms. The number of halogens is 1. The number of nitrogens with one attached hydrogen (secondary N) is 2. The van der Waals surface area contributed by atoms with Crippen LogP contribution in [0.3, 0.4) is 0 Å². The normalized spacial score (nSPS) is 21.5. The molecular formula is C24H26FN5O4S. The van der Waals surface area contributed by atoms with Crippen molar-refractivity contribution in [3.05, 3.63) is 53.0 Å². The summed E-state index contributed by atoms with van der Waals surface area (Å²) in [4.78, 5) is 46.2. The Morgan fingerprint density at radius 2 is 2.14 bits per heavy atom. The van der Waals surface area contributed by atoms with Gasteiger partial charge in [0.15, 0.2) is 4.96 Å². The number of imidazole rings is 1. The van der Waals surface area contributed by atoms with Gasteiger partial charge in [-0.25, -0.2) is 9.37 Å². The van der Waals surface area contributed by atoms with Gasteiger partial charge in [-0.05, 0) is 37.5 Å². The molecule has 1 fully saturated rings. The minimum Gasteiger partial charge on any atom is -0.493 e. The largest absolute Gasteiger partial charge is 0.493 e. The highest BCUT2D eigenvalue weighted by Gasteiger charge is 2.32. The lowest BCUT2D eigenvalue weighted by atomic mass is 10.0. The molecule has 184 valence electrons. The molecule has 3 amide bonds. The van der Waals surface area contributed by atoms with E-state index in [1.807, 2.05) is 22.2 Å². The van der Waals surface area contributed by atoms with Crippen LogP contribution >= 0.6 is 11.3 Å². The van der Waals surface area contributed by atoms with E-state index in [1.54, 1.807) is 4.90 Å². The molecule has 5 rings (SSSR count). The summed E-state index contributed by atoms with van der Waals surface area (Å²) in [7, 11) is 0. The van der Waals surface area contributed by atoms with Gasteiger partial charge in [0.2, 0.25) is 11.8 Å². The standard InChI is InChI=1S/C24H26FN5O4S/c25-16-3-5-20-19(10-16)23(33)27-17-4-2-15(22(32)26-6-1-8-34-20)12-30(13-17)21(31)11-18-14-29-7-9-35-24(29)28-18/h3,5,7,9-10,14-15,17H,1-2,4,6,8,11-13H2,(H,26,32)(H,27,33)/t15-,17+/m0/s1. The van der Waals surface area contributed by atoms with E-state index in [2.05, 4.69) is 15.6 Å². The molecule has 2 N–H and O–H groups in total. The van der Waals surface area contributed by atoms with Gasteiger partial charge in [0.25, 0.3) is 5.91 Å². The van der Waals surface area contributed by atoms with Crippen LogP contribution in [0.25, 0.3) is 4.96 Å². The van der Waals surface area contributed by atoms with Crippen LogP contribution < -0.4 is 15.4 Å². The Bertz CT molecular complexity index is 1230. The molecule has 0 radical (unpaired) electrons. The van der Waals surface area contributed by atoms with Crippen molar-refractivity contribution >= 4 is 34.0 Å². The van der Waals surface area contributed by atoms with Gasteiger partial charge >= 0.3 is 0 Å². The van der Waals surface area contributed by atoms with Crippen molar-refractivity contribution in [2.45, 2.75) is 31.7 Å². The summed E-state index contributed by atoms with van der Waals surface area (Å²) in [6, 6.07) is 3.44. The average molecular weight is 500 g/mol. The number of nitrogens with zero attached hydrogens (tertiary/aromatic N) is 3. The summed E-state index contributed by atoms with van der Waals surface area (Å²) in [6.07, 6.45) is 5.37. The first kappa shape index (κ1) is 23.3. The van der Waals surface area contributed by atoms with Crippen molar-refractivity contribution in [2.24, 2.45) is 5.92 Å². The van der Waals surface area contributed by atoms with Crippen molar-refractivity contribution < 1.29 is 23.5 Å². The number of thiazole rings is 1. The number of carbonyl (C=O) groups excluding carboxylic acids is 3. The van der Waals surface area contributed by atoms with E-state index in [4.69, 9.17) is 4.74 Å². The maximum atomic E-state index is 13.9. The molecule has 2 aliphatic heterocycles. The number of likely N-dealkylation sites (tertiary alicyclic amines) is 1.